The van der Waals surface area contributed by atoms with Crippen LogP contribution in [0, 0.1) is 5.95 Å². The molecule has 34 heavy (non-hydrogen) atoms. The van der Waals surface area contributed by atoms with Crippen LogP contribution in [0.15, 0.2) is 101 Å². The van der Waals surface area contributed by atoms with Crippen molar-refractivity contribution in [3.8, 4) is 11.1 Å². The first-order valence-electron chi connectivity index (χ1n) is 10.1. The molecule has 2 heterocycles. The van der Waals surface area contributed by atoms with Gasteiger partial charge in [-0.25, -0.2) is 4.98 Å². The number of rotatable bonds is 4. The normalized spacial score (nSPS) is 19.4. The molecule has 0 radical (unpaired) electrons. The summed E-state index contributed by atoms with van der Waals surface area (Å²) in [6.07, 6.45) is 2.91. The van der Waals surface area contributed by atoms with Crippen LogP contribution in [0.4, 0.5) is 23.8 Å². The fourth-order valence-electron chi connectivity index (χ4n) is 4.27. The van der Waals surface area contributed by atoms with E-state index in [0.717, 1.165) is 17.7 Å². The van der Waals surface area contributed by atoms with Gasteiger partial charge in [0.05, 0.1) is 0 Å². The fraction of sp³-hybridized carbons (Fsp3) is 0.0400. The highest BCUT2D eigenvalue weighted by atomic mass is 32.5. The molecule has 2 nitrogen and oxygen atoms in total. The molecule has 0 bridgehead atoms. The highest BCUT2D eigenvalue weighted by Gasteiger charge is 2.65. The van der Waals surface area contributed by atoms with Crippen molar-refractivity contribution in [2.75, 3.05) is 0 Å². The lowest BCUT2D eigenvalue weighted by Gasteiger charge is -2.40. The van der Waals surface area contributed by atoms with Gasteiger partial charge in [0.2, 0.25) is 5.95 Å². The van der Waals surface area contributed by atoms with Crippen molar-refractivity contribution in [1.82, 2.24) is 4.98 Å². The van der Waals surface area contributed by atoms with E-state index in [1.807, 2.05) is 0 Å². The van der Waals surface area contributed by atoms with Crippen LogP contribution in [0.2, 0.25) is 0 Å². The molecule has 3 aromatic carbocycles. The molecule has 1 atom stereocenters. The Kier molecular flexibility index (Phi) is 4.39. The highest BCUT2D eigenvalue weighted by molar-refractivity contribution is 8.45. The number of benzene rings is 3. The van der Waals surface area contributed by atoms with E-state index in [-0.39, 0.29) is 11.1 Å². The van der Waals surface area contributed by atoms with Gasteiger partial charge in [-0.1, -0.05) is 74.0 Å². The van der Waals surface area contributed by atoms with E-state index in [4.69, 9.17) is 0 Å². The molecule has 4 aromatic rings. The van der Waals surface area contributed by atoms with Crippen LogP contribution in [0.3, 0.4) is 0 Å². The van der Waals surface area contributed by atoms with Crippen molar-refractivity contribution in [1.29, 1.82) is 0 Å². The van der Waals surface area contributed by atoms with Crippen molar-refractivity contribution < 1.29 is 23.8 Å². The Balaban J connectivity index is 1.73. The van der Waals surface area contributed by atoms with Gasteiger partial charge in [0.1, 0.15) is 10.4 Å². The number of aromatic nitrogens is 1. The Morgan fingerprint density at radius 2 is 1.44 bits per heavy atom. The van der Waals surface area contributed by atoms with Gasteiger partial charge in [-0.05, 0) is 58.1 Å². The first kappa shape index (κ1) is 22.2. The predicted octanol–water partition coefficient (Wildman–Crippen LogP) is 8.27. The number of halogens is 6. The first-order valence-corrected chi connectivity index (χ1v) is 12.0. The summed E-state index contributed by atoms with van der Waals surface area (Å²) in [4.78, 5) is 6.36. The summed E-state index contributed by atoms with van der Waals surface area (Å²) in [6.45, 7) is 0. The van der Waals surface area contributed by atoms with Crippen molar-refractivity contribution in [2.45, 2.75) is 10.4 Å². The average Bonchev–Trinajstić information content (AvgIpc) is 3.19. The van der Waals surface area contributed by atoms with Crippen LogP contribution in [0.5, 0.6) is 0 Å². The second kappa shape index (κ2) is 6.73. The Labute approximate surface area is 191 Å². The van der Waals surface area contributed by atoms with Gasteiger partial charge in [0, 0.05) is 18.0 Å². The van der Waals surface area contributed by atoms with Crippen LogP contribution >= 0.6 is 10.2 Å². The number of hydrogen-bond donors (Lipinski definition) is 0. The monoisotopic (exact) mass is 490 g/mol. The van der Waals surface area contributed by atoms with E-state index < -0.39 is 26.6 Å². The molecular weight excluding hydrogens is 474 g/mol. The molecule has 1 aliphatic rings. The van der Waals surface area contributed by atoms with Crippen molar-refractivity contribution in [2.24, 2.45) is 4.99 Å². The van der Waals surface area contributed by atoms with Crippen molar-refractivity contribution in [3.63, 3.8) is 0 Å². The van der Waals surface area contributed by atoms with Gasteiger partial charge in [-0.3, -0.25) is 4.99 Å². The first-order chi connectivity index (χ1) is 15.9. The van der Waals surface area contributed by atoms with Gasteiger partial charge < -0.3 is 0 Å². The lowest BCUT2D eigenvalue weighted by molar-refractivity contribution is 0.364. The minimum Gasteiger partial charge on any atom is -0.271 e. The summed E-state index contributed by atoms with van der Waals surface area (Å²) >= 11 is 0. The van der Waals surface area contributed by atoms with Gasteiger partial charge in [-0.15, -0.1) is 0 Å². The zero-order valence-corrected chi connectivity index (χ0v) is 18.1. The molecule has 174 valence electrons. The zero-order chi connectivity index (χ0) is 24.3. The third kappa shape index (κ3) is 3.66. The van der Waals surface area contributed by atoms with Crippen LogP contribution in [0.25, 0.3) is 11.1 Å². The number of fused-ring (bicyclic) bond motifs is 1. The maximum Gasteiger partial charge on any atom is 0.310 e. The largest absolute Gasteiger partial charge is 0.310 e. The molecule has 1 aliphatic heterocycles. The molecule has 0 amide bonds. The van der Waals surface area contributed by atoms with Gasteiger partial charge in [-0.2, -0.15) is 4.39 Å². The summed E-state index contributed by atoms with van der Waals surface area (Å²) in [7, 11) is -9.84. The number of hydrogen-bond acceptors (Lipinski definition) is 2. The Bertz CT molecular complexity index is 1450. The molecule has 0 spiro atoms. The minimum absolute atomic E-state index is 0.242. The average molecular weight is 490 g/mol. The highest BCUT2D eigenvalue weighted by Crippen LogP contribution is 3.02. The van der Waals surface area contributed by atoms with E-state index in [1.165, 1.54) is 6.20 Å². The second-order valence-corrected chi connectivity index (χ2v) is 10.4. The van der Waals surface area contributed by atoms with Gasteiger partial charge >= 0.3 is 10.2 Å². The summed E-state index contributed by atoms with van der Waals surface area (Å²) < 4.78 is 81.0. The van der Waals surface area contributed by atoms with Crippen LogP contribution in [-0.4, -0.2) is 11.2 Å². The molecule has 1 aromatic heterocycles. The van der Waals surface area contributed by atoms with E-state index in [0.29, 0.717) is 28.8 Å². The van der Waals surface area contributed by atoms with Crippen LogP contribution in [0.1, 0.15) is 22.3 Å². The second-order valence-electron chi connectivity index (χ2n) is 7.97. The van der Waals surface area contributed by atoms with Gasteiger partial charge in [0.15, 0.2) is 0 Å². The Morgan fingerprint density at radius 3 is 2.15 bits per heavy atom. The van der Waals surface area contributed by atoms with E-state index >= 15 is 0 Å². The Morgan fingerprint density at radius 1 is 0.706 bits per heavy atom. The summed E-state index contributed by atoms with van der Waals surface area (Å²) in [5, 5.41) is 0. The van der Waals surface area contributed by atoms with E-state index in [1.54, 1.807) is 66.9 Å². The molecule has 0 aliphatic carbocycles. The van der Waals surface area contributed by atoms with Crippen molar-refractivity contribution >= 4 is 16.4 Å². The Hall–Kier alpha value is -3.59. The third-order valence-corrected chi connectivity index (χ3v) is 6.98. The molecule has 0 N–H and O–H groups in total. The molecule has 0 fully saturated rings. The molecule has 9 heteroatoms. The topological polar surface area (TPSA) is 25.2 Å². The minimum atomic E-state index is -9.84. The SMILES string of the molecule is Fc1ncccc1-c1cccc(C2(c3ccc(S(F)(F)(F)(F)F)cc3)N=Cc3ccccc32)c1. The molecule has 0 saturated carbocycles. The fourth-order valence-corrected chi connectivity index (χ4v) is 4.92. The van der Waals surface area contributed by atoms with Crippen molar-refractivity contribution in [3.05, 3.63) is 119 Å². The quantitative estimate of drug-likeness (QED) is 0.209. The summed E-state index contributed by atoms with van der Waals surface area (Å²) in [6, 6.07) is 19.8. The summed E-state index contributed by atoms with van der Waals surface area (Å²) in [5.74, 6) is -0.677. The maximum atomic E-state index is 14.4. The number of aliphatic imine (C=N–C) groups is 1. The maximum absolute atomic E-state index is 14.4. The summed E-state index contributed by atoms with van der Waals surface area (Å²) in [5.41, 5.74) is 1.63. The van der Waals surface area contributed by atoms with Crippen LogP contribution in [-0.2, 0) is 5.54 Å². The lowest BCUT2D eigenvalue weighted by Crippen LogP contribution is -2.25. The van der Waals surface area contributed by atoms with E-state index in [9.17, 15) is 23.8 Å². The molecule has 1 unspecified atom stereocenters. The standard InChI is InChI=1S/C25H16F6N2S/c26-24-22(8-4-14-32-24)17-6-3-7-20(15-17)25(23-9-2-1-5-18(23)16-33-25)19-10-12-21(13-11-19)34(27,28,29,30)31/h1-16H. The van der Waals surface area contributed by atoms with E-state index in [2.05, 4.69) is 9.98 Å². The molecular formula is C25H16F6N2S. The smallest absolute Gasteiger partial charge is 0.271 e. The molecule has 5 rings (SSSR count). The van der Waals surface area contributed by atoms with Gasteiger partial charge in [0.25, 0.3) is 0 Å². The number of pyridine rings is 1. The van der Waals surface area contributed by atoms with Crippen LogP contribution < -0.4 is 0 Å². The predicted molar refractivity (Wildman–Crippen MR) is 121 cm³/mol. The third-order valence-electron chi connectivity index (χ3n) is 5.82. The molecule has 0 saturated heterocycles. The lowest BCUT2D eigenvalue weighted by atomic mass is 9.77. The number of nitrogens with zero attached hydrogens (tertiary/aromatic N) is 2. The zero-order valence-electron chi connectivity index (χ0n) is 17.3.